The molecule has 146 valence electrons. The molecule has 1 saturated heterocycles. The molecule has 6 heteroatoms. The van der Waals surface area contributed by atoms with Crippen LogP contribution >= 0.6 is 0 Å². The van der Waals surface area contributed by atoms with Gasteiger partial charge in [-0.25, -0.2) is 0 Å². The Balaban J connectivity index is 1.29. The van der Waals surface area contributed by atoms with Crippen molar-refractivity contribution in [2.24, 2.45) is 11.3 Å². The van der Waals surface area contributed by atoms with Crippen molar-refractivity contribution in [2.45, 2.75) is 58.5 Å². The fourth-order valence-electron chi connectivity index (χ4n) is 4.36. The van der Waals surface area contributed by atoms with E-state index in [0.29, 0.717) is 11.7 Å². The molecule has 0 aromatic carbocycles. The Morgan fingerprint density at radius 3 is 2.85 bits per heavy atom. The Kier molecular flexibility index (Phi) is 5.08. The number of furan rings is 1. The van der Waals surface area contributed by atoms with E-state index >= 15 is 0 Å². The highest BCUT2D eigenvalue weighted by Crippen LogP contribution is 2.47. The number of amides is 1. The number of carbonyl (C=O) groups excluding carboxylic acids is 1. The van der Waals surface area contributed by atoms with Gasteiger partial charge in [0.25, 0.3) is 5.91 Å². The second-order valence-electron chi connectivity index (χ2n) is 8.58. The molecule has 1 amide bonds. The van der Waals surface area contributed by atoms with E-state index in [-0.39, 0.29) is 17.4 Å². The van der Waals surface area contributed by atoms with Gasteiger partial charge in [-0.15, -0.1) is 0 Å². The molecule has 2 aromatic heterocycles. The van der Waals surface area contributed by atoms with Crippen LogP contribution in [-0.4, -0.2) is 35.1 Å². The molecule has 0 spiro atoms. The monoisotopic (exact) mass is 371 g/mol. The first-order chi connectivity index (χ1) is 13.0. The Morgan fingerprint density at radius 2 is 2.15 bits per heavy atom. The van der Waals surface area contributed by atoms with E-state index in [1.165, 1.54) is 25.5 Å². The quantitative estimate of drug-likeness (QED) is 0.839. The van der Waals surface area contributed by atoms with Crippen LogP contribution in [0.2, 0.25) is 0 Å². The predicted molar refractivity (Wildman–Crippen MR) is 101 cm³/mol. The molecule has 1 saturated carbocycles. The molecule has 2 atom stereocenters. The summed E-state index contributed by atoms with van der Waals surface area (Å²) in [6.45, 7) is 7.60. The lowest BCUT2D eigenvalue weighted by Crippen LogP contribution is -2.58. The molecule has 0 bridgehead atoms. The van der Waals surface area contributed by atoms with Crippen LogP contribution in [-0.2, 0) is 13.0 Å². The second kappa shape index (κ2) is 7.50. The van der Waals surface area contributed by atoms with Crippen molar-refractivity contribution in [3.05, 3.63) is 41.7 Å². The number of rotatable bonds is 6. The molecule has 2 unspecified atom stereocenters. The molecule has 2 fully saturated rings. The van der Waals surface area contributed by atoms with Crippen molar-refractivity contribution in [3.63, 3.8) is 0 Å². The molecular weight excluding hydrogens is 342 g/mol. The van der Waals surface area contributed by atoms with Gasteiger partial charge in [-0.1, -0.05) is 25.4 Å². The summed E-state index contributed by atoms with van der Waals surface area (Å²) in [7, 11) is 0. The highest BCUT2D eigenvalue weighted by molar-refractivity contribution is 5.91. The molecule has 0 radical (unpaired) electrons. The van der Waals surface area contributed by atoms with Crippen LogP contribution in [0, 0.1) is 11.3 Å². The molecule has 2 aliphatic rings. The summed E-state index contributed by atoms with van der Waals surface area (Å²) in [5, 5.41) is 7.39. The first kappa shape index (κ1) is 18.3. The lowest BCUT2D eigenvalue weighted by Gasteiger charge is -2.52. The van der Waals surface area contributed by atoms with Crippen molar-refractivity contribution in [3.8, 4) is 0 Å². The zero-order chi connectivity index (χ0) is 18.9. The van der Waals surface area contributed by atoms with Gasteiger partial charge >= 0.3 is 0 Å². The van der Waals surface area contributed by atoms with E-state index in [0.717, 1.165) is 43.9 Å². The fourth-order valence-corrected chi connectivity index (χ4v) is 4.36. The maximum atomic E-state index is 12.2. The number of piperidine rings is 1. The molecule has 6 nitrogen and oxygen atoms in total. The molecule has 27 heavy (non-hydrogen) atoms. The van der Waals surface area contributed by atoms with Gasteiger partial charge in [0.1, 0.15) is 0 Å². The highest BCUT2D eigenvalue weighted by Gasteiger charge is 2.48. The van der Waals surface area contributed by atoms with Gasteiger partial charge in [0.2, 0.25) is 0 Å². The van der Waals surface area contributed by atoms with E-state index in [2.05, 4.69) is 35.3 Å². The molecular formula is C21H29N3O3. The summed E-state index contributed by atoms with van der Waals surface area (Å²) in [4.78, 5) is 14.7. The smallest absolute Gasteiger partial charge is 0.287 e. The van der Waals surface area contributed by atoms with Gasteiger partial charge in [0.15, 0.2) is 11.5 Å². The standard InChI is InChI=1S/C21H29N3O3/c1-21(2)15(12-19(21)22-20(25)18-7-6-10-26-18)11-16-13-17(27-23-16)14-24-8-4-3-5-9-24/h6-7,10,13,15,19H,3-5,8-9,11-12,14H2,1-2H3,(H,22,25). The third-order valence-electron chi connectivity index (χ3n) is 6.41. The van der Waals surface area contributed by atoms with Crippen LogP contribution in [0.4, 0.5) is 0 Å². The van der Waals surface area contributed by atoms with Gasteiger partial charge < -0.3 is 14.3 Å². The largest absolute Gasteiger partial charge is 0.459 e. The van der Waals surface area contributed by atoms with E-state index < -0.39 is 0 Å². The van der Waals surface area contributed by atoms with Crippen LogP contribution in [0.15, 0.2) is 33.4 Å². The molecule has 2 aromatic rings. The van der Waals surface area contributed by atoms with E-state index in [4.69, 9.17) is 8.94 Å². The van der Waals surface area contributed by atoms with Crippen LogP contribution in [0.1, 0.15) is 61.5 Å². The minimum atomic E-state index is -0.137. The van der Waals surface area contributed by atoms with Crippen molar-refractivity contribution < 1.29 is 13.7 Å². The third kappa shape index (κ3) is 3.95. The Hall–Kier alpha value is -2.08. The van der Waals surface area contributed by atoms with Crippen LogP contribution < -0.4 is 5.32 Å². The lowest BCUT2D eigenvalue weighted by molar-refractivity contribution is 0.0131. The number of hydrogen-bond donors (Lipinski definition) is 1. The Morgan fingerprint density at radius 1 is 1.33 bits per heavy atom. The minimum Gasteiger partial charge on any atom is -0.459 e. The minimum absolute atomic E-state index is 0.0221. The van der Waals surface area contributed by atoms with Crippen molar-refractivity contribution in [1.29, 1.82) is 0 Å². The van der Waals surface area contributed by atoms with E-state index in [1.807, 2.05) is 0 Å². The van der Waals surface area contributed by atoms with Crippen LogP contribution in [0.5, 0.6) is 0 Å². The Labute approximate surface area is 160 Å². The SMILES string of the molecule is CC1(C)C(Cc2cc(CN3CCCCC3)on2)CC1NC(=O)c1ccco1. The molecule has 1 aliphatic heterocycles. The maximum Gasteiger partial charge on any atom is 0.287 e. The summed E-state index contributed by atoms with van der Waals surface area (Å²) >= 11 is 0. The molecule has 3 heterocycles. The first-order valence-corrected chi connectivity index (χ1v) is 10.0. The average Bonchev–Trinajstić information content (AvgIpc) is 3.34. The van der Waals surface area contributed by atoms with Gasteiger partial charge in [-0.05, 0) is 62.2 Å². The summed E-state index contributed by atoms with van der Waals surface area (Å²) in [5.41, 5.74) is 1.05. The Bertz CT molecular complexity index is 759. The zero-order valence-corrected chi connectivity index (χ0v) is 16.2. The first-order valence-electron chi connectivity index (χ1n) is 10.0. The number of aromatic nitrogens is 1. The predicted octanol–water partition coefficient (Wildman–Crippen LogP) is 3.64. The van der Waals surface area contributed by atoms with Crippen LogP contribution in [0.25, 0.3) is 0 Å². The zero-order valence-electron chi connectivity index (χ0n) is 16.2. The second-order valence-corrected chi connectivity index (χ2v) is 8.58. The number of nitrogens with zero attached hydrogens (tertiary/aromatic N) is 2. The molecule has 1 aliphatic carbocycles. The summed E-state index contributed by atoms with van der Waals surface area (Å²) in [5.74, 6) is 1.67. The summed E-state index contributed by atoms with van der Waals surface area (Å²) in [6, 6.07) is 5.69. The van der Waals surface area contributed by atoms with Crippen molar-refractivity contribution >= 4 is 5.91 Å². The van der Waals surface area contributed by atoms with E-state index in [1.54, 1.807) is 12.1 Å². The highest BCUT2D eigenvalue weighted by atomic mass is 16.5. The number of hydrogen-bond acceptors (Lipinski definition) is 5. The average molecular weight is 371 g/mol. The topological polar surface area (TPSA) is 71.5 Å². The summed E-state index contributed by atoms with van der Waals surface area (Å²) < 4.78 is 10.8. The molecule has 4 rings (SSSR count). The number of likely N-dealkylation sites (tertiary alicyclic amines) is 1. The van der Waals surface area contributed by atoms with Gasteiger partial charge in [0.05, 0.1) is 18.5 Å². The lowest BCUT2D eigenvalue weighted by atomic mass is 9.57. The fraction of sp³-hybridized carbons (Fsp3) is 0.619. The van der Waals surface area contributed by atoms with Crippen LogP contribution in [0.3, 0.4) is 0 Å². The van der Waals surface area contributed by atoms with Gasteiger partial charge in [-0.2, -0.15) is 0 Å². The maximum absolute atomic E-state index is 12.2. The van der Waals surface area contributed by atoms with Gasteiger partial charge in [-0.3, -0.25) is 9.69 Å². The molecule has 1 N–H and O–H groups in total. The summed E-state index contributed by atoms with van der Waals surface area (Å²) in [6.07, 6.45) is 7.27. The third-order valence-corrected chi connectivity index (χ3v) is 6.41. The normalized spacial score (nSPS) is 25.1. The number of nitrogens with one attached hydrogen (secondary N) is 1. The van der Waals surface area contributed by atoms with E-state index in [9.17, 15) is 4.79 Å². The van der Waals surface area contributed by atoms with Crippen molar-refractivity contribution in [2.75, 3.05) is 13.1 Å². The van der Waals surface area contributed by atoms with Gasteiger partial charge in [0, 0.05) is 12.1 Å². The number of carbonyl (C=O) groups is 1. The van der Waals surface area contributed by atoms with Crippen molar-refractivity contribution in [1.82, 2.24) is 15.4 Å².